The Kier molecular flexibility index (Phi) is 4.24. The molecule has 0 spiro atoms. The van der Waals surface area contributed by atoms with Crippen molar-refractivity contribution in [2.75, 3.05) is 31.6 Å². The van der Waals surface area contributed by atoms with E-state index >= 15 is 0 Å². The summed E-state index contributed by atoms with van der Waals surface area (Å²) < 4.78 is 13.9. The summed E-state index contributed by atoms with van der Waals surface area (Å²) in [5.74, 6) is 0.589. The van der Waals surface area contributed by atoms with Crippen LogP contribution in [-0.2, 0) is 9.53 Å². The van der Waals surface area contributed by atoms with Crippen molar-refractivity contribution in [1.29, 1.82) is 0 Å². The Bertz CT molecular complexity index is 694. The average Bonchev–Trinajstić information content (AvgIpc) is 3.06. The van der Waals surface area contributed by atoms with Gasteiger partial charge in [0.05, 0.1) is 30.6 Å². The Hall–Kier alpha value is -1.57. The molecular weight excluding hydrogens is 312 g/mol. The van der Waals surface area contributed by atoms with Crippen molar-refractivity contribution in [3.8, 4) is 0 Å². The van der Waals surface area contributed by atoms with Crippen molar-refractivity contribution < 1.29 is 9.53 Å². The first-order valence-corrected chi connectivity index (χ1v) is 8.85. The highest BCUT2D eigenvalue weighted by atomic mass is 32.1. The maximum absolute atomic E-state index is 12.5. The van der Waals surface area contributed by atoms with Crippen molar-refractivity contribution >= 4 is 34.4 Å². The first-order chi connectivity index (χ1) is 11.3. The number of rotatable bonds is 6. The minimum absolute atomic E-state index is 0.0244. The van der Waals surface area contributed by atoms with E-state index in [2.05, 4.69) is 19.0 Å². The molecule has 6 nitrogen and oxygen atoms in total. The molecule has 1 saturated carbocycles. The lowest BCUT2D eigenvalue weighted by Gasteiger charge is -2.24. The van der Waals surface area contributed by atoms with Gasteiger partial charge in [0.15, 0.2) is 0 Å². The van der Waals surface area contributed by atoms with Crippen molar-refractivity contribution in [1.82, 2.24) is 13.6 Å². The molecule has 1 aromatic carbocycles. The van der Waals surface area contributed by atoms with Gasteiger partial charge in [-0.25, -0.2) is 0 Å². The molecule has 1 amide bonds. The second-order valence-electron chi connectivity index (χ2n) is 6.38. The number of hydrogen-bond donors (Lipinski definition) is 1. The SMILES string of the molecule is O=C(CN(CC1CCOC1)C1CC1)Nc1cccc2nsnc12. The summed E-state index contributed by atoms with van der Waals surface area (Å²) in [7, 11) is 0. The van der Waals surface area contributed by atoms with Gasteiger partial charge in [0, 0.05) is 19.2 Å². The second-order valence-corrected chi connectivity index (χ2v) is 6.90. The molecule has 4 rings (SSSR count). The van der Waals surface area contributed by atoms with E-state index in [4.69, 9.17) is 4.74 Å². The van der Waals surface area contributed by atoms with E-state index in [9.17, 15) is 4.79 Å². The third kappa shape index (κ3) is 3.52. The maximum atomic E-state index is 12.5. The summed E-state index contributed by atoms with van der Waals surface area (Å²) >= 11 is 1.17. The van der Waals surface area contributed by atoms with Crippen LogP contribution in [0.5, 0.6) is 0 Å². The monoisotopic (exact) mass is 332 g/mol. The zero-order chi connectivity index (χ0) is 15.6. The molecule has 0 bridgehead atoms. The molecule has 1 unspecified atom stereocenters. The van der Waals surface area contributed by atoms with Gasteiger partial charge >= 0.3 is 0 Å². The van der Waals surface area contributed by atoms with Gasteiger partial charge in [-0.3, -0.25) is 9.69 Å². The number of aromatic nitrogens is 2. The molecule has 2 fully saturated rings. The number of anilines is 1. The minimum atomic E-state index is 0.0244. The number of hydrogen-bond acceptors (Lipinski definition) is 6. The van der Waals surface area contributed by atoms with Crippen molar-refractivity contribution in [3.63, 3.8) is 0 Å². The van der Waals surface area contributed by atoms with E-state index in [1.54, 1.807) is 0 Å². The minimum Gasteiger partial charge on any atom is -0.381 e. The molecule has 7 heteroatoms. The standard InChI is InChI=1S/C16H20N4O2S/c21-15(17-13-2-1-3-14-16(13)19-23-18-14)9-20(12-4-5-12)8-11-6-7-22-10-11/h1-3,11-12H,4-10H2,(H,17,21). The van der Waals surface area contributed by atoms with Crippen LogP contribution in [-0.4, -0.2) is 51.9 Å². The average molecular weight is 332 g/mol. The van der Waals surface area contributed by atoms with Crippen molar-refractivity contribution in [2.24, 2.45) is 5.92 Å². The number of fused-ring (bicyclic) bond motifs is 1. The highest BCUT2D eigenvalue weighted by molar-refractivity contribution is 7.00. The summed E-state index contributed by atoms with van der Waals surface area (Å²) in [4.78, 5) is 14.8. The zero-order valence-electron chi connectivity index (χ0n) is 12.9. The molecule has 1 N–H and O–H groups in total. The number of benzene rings is 1. The first kappa shape index (κ1) is 15.0. The van der Waals surface area contributed by atoms with Crippen LogP contribution in [0, 0.1) is 5.92 Å². The largest absolute Gasteiger partial charge is 0.381 e. The fourth-order valence-electron chi connectivity index (χ4n) is 3.12. The van der Waals surface area contributed by atoms with Crippen LogP contribution in [0.15, 0.2) is 18.2 Å². The first-order valence-electron chi connectivity index (χ1n) is 8.12. The highest BCUT2D eigenvalue weighted by Crippen LogP contribution is 2.29. The lowest BCUT2D eigenvalue weighted by Crippen LogP contribution is -2.38. The van der Waals surface area contributed by atoms with Gasteiger partial charge in [0.2, 0.25) is 5.91 Å². The molecule has 2 aliphatic rings. The van der Waals surface area contributed by atoms with E-state index in [-0.39, 0.29) is 5.91 Å². The predicted molar refractivity (Wildman–Crippen MR) is 89.6 cm³/mol. The van der Waals surface area contributed by atoms with Gasteiger partial charge in [0.1, 0.15) is 11.0 Å². The highest BCUT2D eigenvalue weighted by Gasteiger charge is 2.32. The fourth-order valence-corrected chi connectivity index (χ4v) is 3.67. The molecule has 2 heterocycles. The smallest absolute Gasteiger partial charge is 0.238 e. The lowest BCUT2D eigenvalue weighted by atomic mass is 10.1. The zero-order valence-corrected chi connectivity index (χ0v) is 13.7. The summed E-state index contributed by atoms with van der Waals surface area (Å²) in [6, 6.07) is 6.26. The van der Waals surface area contributed by atoms with Crippen LogP contribution in [0.2, 0.25) is 0 Å². The van der Waals surface area contributed by atoms with E-state index in [0.29, 0.717) is 18.5 Å². The summed E-state index contributed by atoms with van der Waals surface area (Å²) in [5, 5.41) is 3.00. The molecule has 1 aliphatic heterocycles. The van der Waals surface area contributed by atoms with Gasteiger partial charge < -0.3 is 10.1 Å². The van der Waals surface area contributed by atoms with E-state index < -0.39 is 0 Å². The van der Waals surface area contributed by atoms with E-state index in [1.165, 1.54) is 24.6 Å². The number of carbonyl (C=O) groups excluding carboxylic acids is 1. The Labute approximate surface area is 139 Å². The molecule has 1 atom stereocenters. The normalized spacial score (nSPS) is 21.2. The quantitative estimate of drug-likeness (QED) is 0.878. The lowest BCUT2D eigenvalue weighted by molar-refractivity contribution is -0.117. The van der Waals surface area contributed by atoms with Crippen LogP contribution in [0.4, 0.5) is 5.69 Å². The molecular formula is C16H20N4O2S. The Morgan fingerprint density at radius 1 is 1.35 bits per heavy atom. The van der Waals surface area contributed by atoms with Crippen LogP contribution < -0.4 is 5.32 Å². The number of nitrogens with zero attached hydrogens (tertiary/aromatic N) is 3. The van der Waals surface area contributed by atoms with Crippen LogP contribution in [0.3, 0.4) is 0 Å². The van der Waals surface area contributed by atoms with Gasteiger partial charge in [-0.15, -0.1) is 0 Å². The van der Waals surface area contributed by atoms with Gasteiger partial charge in [-0.2, -0.15) is 8.75 Å². The molecule has 1 saturated heterocycles. The van der Waals surface area contributed by atoms with Crippen LogP contribution in [0.1, 0.15) is 19.3 Å². The Morgan fingerprint density at radius 2 is 2.26 bits per heavy atom. The molecule has 0 radical (unpaired) electrons. The number of ether oxygens (including phenoxy) is 1. The van der Waals surface area contributed by atoms with E-state index in [0.717, 1.165) is 42.9 Å². The summed E-state index contributed by atoms with van der Waals surface area (Å²) in [6.07, 6.45) is 3.51. The number of nitrogens with one attached hydrogen (secondary N) is 1. The molecule has 1 aromatic heterocycles. The maximum Gasteiger partial charge on any atom is 0.238 e. The fraction of sp³-hybridized carbons (Fsp3) is 0.562. The van der Waals surface area contributed by atoms with Gasteiger partial charge in [-0.1, -0.05) is 6.07 Å². The second kappa shape index (κ2) is 6.51. The summed E-state index contributed by atoms with van der Waals surface area (Å²) in [6.45, 7) is 3.08. The molecule has 1 aliphatic carbocycles. The Balaban J connectivity index is 1.40. The predicted octanol–water partition coefficient (Wildman–Crippen LogP) is 2.13. The summed E-state index contributed by atoms with van der Waals surface area (Å²) in [5.41, 5.74) is 2.35. The molecule has 122 valence electrons. The third-order valence-electron chi connectivity index (χ3n) is 4.49. The van der Waals surface area contributed by atoms with Crippen molar-refractivity contribution in [2.45, 2.75) is 25.3 Å². The molecule has 23 heavy (non-hydrogen) atoms. The topological polar surface area (TPSA) is 67.3 Å². The molecule has 2 aromatic rings. The number of amides is 1. The van der Waals surface area contributed by atoms with Crippen LogP contribution in [0.25, 0.3) is 11.0 Å². The Morgan fingerprint density at radius 3 is 3.04 bits per heavy atom. The van der Waals surface area contributed by atoms with Crippen LogP contribution >= 0.6 is 11.7 Å². The van der Waals surface area contributed by atoms with Crippen molar-refractivity contribution in [3.05, 3.63) is 18.2 Å². The van der Waals surface area contributed by atoms with Gasteiger partial charge in [0.25, 0.3) is 0 Å². The number of carbonyl (C=O) groups is 1. The third-order valence-corrected chi connectivity index (χ3v) is 5.03. The van der Waals surface area contributed by atoms with Gasteiger partial charge in [-0.05, 0) is 37.3 Å². The van der Waals surface area contributed by atoms with E-state index in [1.807, 2.05) is 18.2 Å².